The van der Waals surface area contributed by atoms with Crippen LogP contribution in [0.3, 0.4) is 0 Å². The quantitative estimate of drug-likeness (QED) is 0.702. The van der Waals surface area contributed by atoms with Crippen molar-refractivity contribution < 1.29 is 0 Å². The van der Waals surface area contributed by atoms with Gasteiger partial charge in [0.05, 0.1) is 16.6 Å². The highest BCUT2D eigenvalue weighted by atomic mass is 35.5. The highest BCUT2D eigenvalue weighted by Crippen LogP contribution is 2.22. The fourth-order valence-electron chi connectivity index (χ4n) is 2.26. The minimum atomic E-state index is 0.565. The van der Waals surface area contributed by atoms with Gasteiger partial charge < -0.3 is 0 Å². The van der Waals surface area contributed by atoms with Crippen LogP contribution in [-0.4, -0.2) is 24.5 Å². The molecule has 1 aromatic rings. The molecular formula is C15H17Cl2N. The predicted molar refractivity (Wildman–Crippen MR) is 78.2 cm³/mol. The lowest BCUT2D eigenvalue weighted by Crippen LogP contribution is -2.34. The largest absolute Gasteiger partial charge is 0.292 e. The van der Waals surface area contributed by atoms with Crippen LogP contribution in [0.2, 0.25) is 10.0 Å². The summed E-state index contributed by atoms with van der Waals surface area (Å²) >= 11 is 11.8. The van der Waals surface area contributed by atoms with Crippen LogP contribution in [0.5, 0.6) is 0 Å². The SMILES string of the molecule is CC1CCCN(CC#Cc2ccc(Cl)c(Cl)c2)C1. The number of nitrogens with zero attached hydrogens (tertiary/aromatic N) is 1. The first-order chi connectivity index (χ1) is 8.65. The smallest absolute Gasteiger partial charge is 0.0605 e. The Morgan fingerprint density at radius 2 is 2.17 bits per heavy atom. The Kier molecular flexibility index (Phi) is 4.95. The lowest BCUT2D eigenvalue weighted by atomic mass is 10.0. The number of hydrogen-bond acceptors (Lipinski definition) is 1. The van der Waals surface area contributed by atoms with Crippen molar-refractivity contribution in [1.29, 1.82) is 0 Å². The Balaban J connectivity index is 1.93. The number of rotatable bonds is 1. The average Bonchev–Trinajstić information content (AvgIpc) is 2.34. The molecule has 1 aliphatic rings. The van der Waals surface area contributed by atoms with Gasteiger partial charge in [-0.05, 0) is 43.5 Å². The van der Waals surface area contributed by atoms with Crippen molar-refractivity contribution in [2.45, 2.75) is 19.8 Å². The fourth-order valence-corrected chi connectivity index (χ4v) is 2.56. The first kappa shape index (κ1) is 13.7. The van der Waals surface area contributed by atoms with Gasteiger partial charge in [-0.25, -0.2) is 0 Å². The molecule has 1 heterocycles. The fraction of sp³-hybridized carbons (Fsp3) is 0.467. The summed E-state index contributed by atoms with van der Waals surface area (Å²) in [4.78, 5) is 2.42. The van der Waals surface area contributed by atoms with E-state index >= 15 is 0 Å². The molecule has 1 fully saturated rings. The normalized spacial score (nSPS) is 20.3. The molecule has 1 unspecified atom stereocenters. The Bertz CT molecular complexity index is 473. The van der Waals surface area contributed by atoms with Gasteiger partial charge in [0.25, 0.3) is 0 Å². The molecule has 0 bridgehead atoms. The van der Waals surface area contributed by atoms with E-state index in [1.165, 1.54) is 19.4 Å². The summed E-state index contributed by atoms with van der Waals surface area (Å²) in [5.41, 5.74) is 0.925. The van der Waals surface area contributed by atoms with Gasteiger partial charge in [-0.2, -0.15) is 0 Å². The van der Waals surface area contributed by atoms with E-state index in [9.17, 15) is 0 Å². The molecule has 1 nitrogen and oxygen atoms in total. The van der Waals surface area contributed by atoms with Crippen LogP contribution >= 0.6 is 23.2 Å². The van der Waals surface area contributed by atoms with Crippen molar-refractivity contribution in [3.8, 4) is 11.8 Å². The molecule has 1 atom stereocenters. The highest BCUT2D eigenvalue weighted by Gasteiger charge is 2.14. The summed E-state index contributed by atoms with van der Waals surface area (Å²) in [6.07, 6.45) is 2.63. The van der Waals surface area contributed by atoms with E-state index in [1.54, 1.807) is 6.07 Å². The van der Waals surface area contributed by atoms with Crippen LogP contribution in [0.4, 0.5) is 0 Å². The summed E-state index contributed by atoms with van der Waals surface area (Å²) in [7, 11) is 0. The molecule has 0 spiro atoms. The number of hydrogen-bond donors (Lipinski definition) is 0. The van der Waals surface area contributed by atoms with Crippen molar-refractivity contribution >= 4 is 23.2 Å². The molecule has 0 amide bonds. The zero-order valence-corrected chi connectivity index (χ0v) is 12.1. The molecule has 2 rings (SSSR count). The van der Waals surface area contributed by atoms with E-state index in [2.05, 4.69) is 23.7 Å². The molecule has 0 aromatic heterocycles. The van der Waals surface area contributed by atoms with Crippen LogP contribution < -0.4 is 0 Å². The molecule has 1 saturated heterocycles. The van der Waals surface area contributed by atoms with Crippen molar-refractivity contribution in [2.24, 2.45) is 5.92 Å². The third-order valence-electron chi connectivity index (χ3n) is 3.20. The Morgan fingerprint density at radius 3 is 2.89 bits per heavy atom. The number of benzene rings is 1. The van der Waals surface area contributed by atoms with Crippen molar-refractivity contribution in [3.05, 3.63) is 33.8 Å². The van der Waals surface area contributed by atoms with Crippen LogP contribution in [-0.2, 0) is 0 Å². The summed E-state index contributed by atoms with van der Waals surface area (Å²) in [6, 6.07) is 5.51. The molecule has 0 N–H and O–H groups in total. The molecule has 0 radical (unpaired) electrons. The van der Waals surface area contributed by atoms with Crippen molar-refractivity contribution in [2.75, 3.05) is 19.6 Å². The molecule has 0 aliphatic carbocycles. The maximum absolute atomic E-state index is 5.95. The second-order valence-electron chi connectivity index (χ2n) is 4.91. The van der Waals surface area contributed by atoms with Gasteiger partial charge >= 0.3 is 0 Å². The second-order valence-corrected chi connectivity index (χ2v) is 5.73. The average molecular weight is 282 g/mol. The van der Waals surface area contributed by atoms with Gasteiger partial charge in [0.1, 0.15) is 0 Å². The van der Waals surface area contributed by atoms with Crippen molar-refractivity contribution in [1.82, 2.24) is 4.90 Å². The zero-order valence-electron chi connectivity index (χ0n) is 10.5. The summed E-state index contributed by atoms with van der Waals surface area (Å²) in [5, 5.41) is 1.14. The van der Waals surface area contributed by atoms with Crippen LogP contribution in [0.1, 0.15) is 25.3 Å². The van der Waals surface area contributed by atoms with Crippen LogP contribution in [0.25, 0.3) is 0 Å². The Hall–Kier alpha value is -0.680. The minimum absolute atomic E-state index is 0.565. The Labute approximate surface area is 119 Å². The maximum Gasteiger partial charge on any atom is 0.0605 e. The first-order valence-electron chi connectivity index (χ1n) is 6.31. The van der Waals surface area contributed by atoms with Gasteiger partial charge in [-0.15, -0.1) is 0 Å². The second kappa shape index (κ2) is 6.48. The Morgan fingerprint density at radius 1 is 1.33 bits per heavy atom. The molecule has 1 aromatic carbocycles. The van der Waals surface area contributed by atoms with Gasteiger partial charge in [-0.1, -0.05) is 42.0 Å². The highest BCUT2D eigenvalue weighted by molar-refractivity contribution is 6.42. The van der Waals surface area contributed by atoms with E-state index in [0.29, 0.717) is 10.0 Å². The molecule has 0 saturated carbocycles. The number of piperidine rings is 1. The summed E-state index contributed by atoms with van der Waals surface area (Å²) in [5.74, 6) is 7.15. The van der Waals surface area contributed by atoms with Gasteiger partial charge in [0.2, 0.25) is 0 Å². The van der Waals surface area contributed by atoms with Gasteiger partial charge in [0.15, 0.2) is 0 Å². The predicted octanol–water partition coefficient (Wildman–Crippen LogP) is 4.08. The van der Waals surface area contributed by atoms with E-state index < -0.39 is 0 Å². The molecular weight excluding hydrogens is 265 g/mol. The molecule has 3 heteroatoms. The molecule has 1 aliphatic heterocycles. The monoisotopic (exact) mass is 281 g/mol. The van der Waals surface area contributed by atoms with Crippen molar-refractivity contribution in [3.63, 3.8) is 0 Å². The third-order valence-corrected chi connectivity index (χ3v) is 3.94. The molecule has 96 valence electrons. The van der Waals surface area contributed by atoms with E-state index in [-0.39, 0.29) is 0 Å². The lowest BCUT2D eigenvalue weighted by Gasteiger charge is -2.28. The minimum Gasteiger partial charge on any atom is -0.292 e. The van der Waals surface area contributed by atoms with Crippen LogP contribution in [0.15, 0.2) is 18.2 Å². The van der Waals surface area contributed by atoms with E-state index in [4.69, 9.17) is 23.2 Å². The maximum atomic E-state index is 5.95. The van der Waals surface area contributed by atoms with Gasteiger partial charge in [-0.3, -0.25) is 4.90 Å². The van der Waals surface area contributed by atoms with E-state index in [0.717, 1.165) is 24.6 Å². The van der Waals surface area contributed by atoms with Crippen LogP contribution in [0, 0.1) is 17.8 Å². The standard InChI is InChI=1S/C15H17Cl2N/c1-12-4-2-8-18(11-12)9-3-5-13-6-7-14(16)15(17)10-13/h6-7,10,12H,2,4,8-9,11H2,1H3. The summed E-state index contributed by atoms with van der Waals surface area (Å²) in [6.45, 7) is 5.47. The number of likely N-dealkylation sites (tertiary alicyclic amines) is 1. The number of halogens is 2. The first-order valence-corrected chi connectivity index (χ1v) is 7.07. The lowest BCUT2D eigenvalue weighted by molar-refractivity contribution is 0.204. The third kappa shape index (κ3) is 3.92. The van der Waals surface area contributed by atoms with Gasteiger partial charge in [0, 0.05) is 12.1 Å². The topological polar surface area (TPSA) is 3.24 Å². The zero-order chi connectivity index (χ0) is 13.0. The van der Waals surface area contributed by atoms with E-state index in [1.807, 2.05) is 12.1 Å². The molecule has 18 heavy (non-hydrogen) atoms. The summed E-state index contributed by atoms with van der Waals surface area (Å²) < 4.78 is 0.